The van der Waals surface area contributed by atoms with Crippen LogP contribution in [0.3, 0.4) is 0 Å². The van der Waals surface area contributed by atoms with E-state index in [9.17, 15) is 25.2 Å². The van der Waals surface area contributed by atoms with Crippen molar-refractivity contribution in [2.24, 2.45) is 0 Å². The SMILES string of the molecule is CCCCCCC/C=C\C/C=C\CCCCCCCCCCCCCCCCOCC(COC1OC(CO)C(O)C(O)C1O)OC(=O)CCCCCCCCC/C=C\CCCCCCCC. The first kappa shape index (κ1) is 62.4. The average molecular weight is 935 g/mol. The molecule has 0 aliphatic carbocycles. The molecule has 1 rings (SSSR count). The number of esters is 1. The van der Waals surface area contributed by atoms with Crippen LogP contribution >= 0.6 is 0 Å². The number of rotatable bonds is 49. The van der Waals surface area contributed by atoms with E-state index in [4.69, 9.17) is 18.9 Å². The zero-order valence-corrected chi connectivity index (χ0v) is 43.0. The number of carbonyl (C=O) groups excluding carboxylic acids is 1. The molecule has 6 unspecified atom stereocenters. The van der Waals surface area contributed by atoms with Gasteiger partial charge in [-0.2, -0.15) is 0 Å². The van der Waals surface area contributed by atoms with Gasteiger partial charge in [-0.25, -0.2) is 0 Å². The van der Waals surface area contributed by atoms with Crippen LogP contribution in [0.4, 0.5) is 0 Å². The van der Waals surface area contributed by atoms with Crippen molar-refractivity contribution in [3.63, 3.8) is 0 Å². The summed E-state index contributed by atoms with van der Waals surface area (Å²) in [4.78, 5) is 12.9. The molecule has 0 aromatic heterocycles. The molecule has 0 spiro atoms. The number of ether oxygens (including phenoxy) is 4. The lowest BCUT2D eigenvalue weighted by molar-refractivity contribution is -0.305. The number of aliphatic hydroxyl groups is 4. The second-order valence-electron chi connectivity index (χ2n) is 19.4. The van der Waals surface area contributed by atoms with Crippen molar-refractivity contribution in [2.45, 2.75) is 295 Å². The van der Waals surface area contributed by atoms with Crippen LogP contribution in [0.15, 0.2) is 36.5 Å². The first-order valence-electron chi connectivity index (χ1n) is 28.1. The van der Waals surface area contributed by atoms with E-state index in [2.05, 4.69) is 50.3 Å². The highest BCUT2D eigenvalue weighted by molar-refractivity contribution is 5.69. The molecule has 0 saturated carbocycles. The minimum atomic E-state index is -1.54. The Kier molecular flexibility index (Phi) is 45.8. The zero-order chi connectivity index (χ0) is 47.8. The summed E-state index contributed by atoms with van der Waals surface area (Å²) in [6.07, 6.45) is 53.3. The lowest BCUT2D eigenvalue weighted by Crippen LogP contribution is -2.59. The fourth-order valence-corrected chi connectivity index (χ4v) is 8.64. The minimum Gasteiger partial charge on any atom is -0.457 e. The Morgan fingerprint density at radius 2 is 0.879 bits per heavy atom. The number of allylic oxidation sites excluding steroid dienone is 6. The molecular formula is C57H106O9. The summed E-state index contributed by atoms with van der Waals surface area (Å²) < 4.78 is 22.9. The van der Waals surface area contributed by atoms with Crippen molar-refractivity contribution in [2.75, 3.05) is 26.4 Å². The lowest BCUT2D eigenvalue weighted by atomic mass is 9.99. The highest BCUT2D eigenvalue weighted by atomic mass is 16.7. The minimum absolute atomic E-state index is 0.113. The largest absolute Gasteiger partial charge is 0.457 e. The predicted molar refractivity (Wildman–Crippen MR) is 275 cm³/mol. The molecule has 1 aliphatic rings. The first-order chi connectivity index (χ1) is 32.4. The van der Waals surface area contributed by atoms with Gasteiger partial charge in [0.1, 0.15) is 30.5 Å². The molecular weight excluding hydrogens is 829 g/mol. The molecule has 388 valence electrons. The van der Waals surface area contributed by atoms with Gasteiger partial charge in [0.05, 0.1) is 19.8 Å². The monoisotopic (exact) mass is 935 g/mol. The summed E-state index contributed by atoms with van der Waals surface area (Å²) in [5.41, 5.74) is 0. The summed E-state index contributed by atoms with van der Waals surface area (Å²) in [6.45, 7) is 4.58. The maximum Gasteiger partial charge on any atom is 0.306 e. The van der Waals surface area contributed by atoms with E-state index < -0.39 is 43.4 Å². The molecule has 9 nitrogen and oxygen atoms in total. The summed E-state index contributed by atoms with van der Waals surface area (Å²) in [6, 6.07) is 0. The third-order valence-electron chi connectivity index (χ3n) is 13.0. The van der Waals surface area contributed by atoms with Crippen molar-refractivity contribution >= 4 is 5.97 Å². The molecule has 9 heteroatoms. The molecule has 66 heavy (non-hydrogen) atoms. The highest BCUT2D eigenvalue weighted by Crippen LogP contribution is 2.23. The van der Waals surface area contributed by atoms with Crippen LogP contribution in [-0.2, 0) is 23.7 Å². The van der Waals surface area contributed by atoms with E-state index in [1.165, 1.54) is 199 Å². The van der Waals surface area contributed by atoms with Gasteiger partial charge >= 0.3 is 5.97 Å². The normalized spacial score (nSPS) is 19.5. The van der Waals surface area contributed by atoms with E-state index in [-0.39, 0.29) is 19.2 Å². The fraction of sp³-hybridized carbons (Fsp3) is 0.877. The Bertz CT molecular complexity index is 1110. The molecule has 0 aromatic carbocycles. The van der Waals surface area contributed by atoms with Crippen LogP contribution in [0.5, 0.6) is 0 Å². The number of aliphatic hydroxyl groups excluding tert-OH is 4. The quantitative estimate of drug-likeness (QED) is 0.0267. The van der Waals surface area contributed by atoms with Crippen LogP contribution < -0.4 is 0 Å². The average Bonchev–Trinajstić information content (AvgIpc) is 3.32. The predicted octanol–water partition coefficient (Wildman–Crippen LogP) is 14.3. The molecule has 0 bridgehead atoms. The van der Waals surface area contributed by atoms with E-state index in [1.54, 1.807) is 0 Å². The van der Waals surface area contributed by atoms with Crippen molar-refractivity contribution in [3.8, 4) is 0 Å². The highest BCUT2D eigenvalue weighted by Gasteiger charge is 2.44. The van der Waals surface area contributed by atoms with Crippen LogP contribution in [0, 0.1) is 0 Å². The van der Waals surface area contributed by atoms with Gasteiger partial charge in [-0.15, -0.1) is 0 Å². The summed E-state index contributed by atoms with van der Waals surface area (Å²) >= 11 is 0. The van der Waals surface area contributed by atoms with E-state index in [0.717, 1.165) is 38.5 Å². The number of hydrogen-bond acceptors (Lipinski definition) is 9. The zero-order valence-electron chi connectivity index (χ0n) is 43.0. The van der Waals surface area contributed by atoms with E-state index in [0.29, 0.717) is 13.0 Å². The van der Waals surface area contributed by atoms with Crippen molar-refractivity contribution in [1.29, 1.82) is 0 Å². The number of unbranched alkanes of at least 4 members (excludes halogenated alkanes) is 32. The van der Waals surface area contributed by atoms with Crippen molar-refractivity contribution < 1.29 is 44.2 Å². The maximum atomic E-state index is 12.9. The molecule has 0 radical (unpaired) electrons. The Morgan fingerprint density at radius 3 is 1.32 bits per heavy atom. The van der Waals surface area contributed by atoms with E-state index >= 15 is 0 Å². The standard InChI is InChI=1S/C57H106O9/c1-3-5-7-9-11-13-15-17-19-21-22-23-24-25-26-27-28-29-31-33-35-37-39-41-43-45-47-63-49-51(50-64-57-56(62)55(61)54(60)52(48-58)66-57)65-53(59)46-44-42-40-38-36-34-32-30-20-18-16-14-12-10-8-6-4-2/h15,17-18,20-22,51-52,54-58,60-62H,3-14,16,19,23-50H2,1-2H3/b17-15-,20-18-,22-21-. The molecule has 6 atom stereocenters. The maximum absolute atomic E-state index is 12.9. The van der Waals surface area contributed by atoms with Crippen molar-refractivity contribution in [1.82, 2.24) is 0 Å². The van der Waals surface area contributed by atoms with Crippen LogP contribution in [0.25, 0.3) is 0 Å². The lowest BCUT2D eigenvalue weighted by Gasteiger charge is -2.39. The number of hydrogen-bond donors (Lipinski definition) is 4. The first-order valence-corrected chi connectivity index (χ1v) is 28.1. The molecule has 1 saturated heterocycles. The molecule has 0 aromatic rings. The second-order valence-corrected chi connectivity index (χ2v) is 19.4. The Hall–Kier alpha value is -1.59. The van der Waals surface area contributed by atoms with Gasteiger partial charge in [0.25, 0.3) is 0 Å². The fourth-order valence-electron chi connectivity index (χ4n) is 8.64. The van der Waals surface area contributed by atoms with Gasteiger partial charge < -0.3 is 39.4 Å². The Labute approximate surface area is 406 Å². The van der Waals surface area contributed by atoms with Crippen LogP contribution in [0.1, 0.15) is 258 Å². The third-order valence-corrected chi connectivity index (χ3v) is 13.0. The van der Waals surface area contributed by atoms with Gasteiger partial charge in [-0.05, 0) is 70.6 Å². The molecule has 4 N–H and O–H groups in total. The third kappa shape index (κ3) is 38.3. The van der Waals surface area contributed by atoms with Crippen LogP contribution in [0.2, 0.25) is 0 Å². The van der Waals surface area contributed by atoms with Crippen LogP contribution in [-0.4, -0.2) is 89.6 Å². The Balaban J connectivity index is 2.14. The molecule has 0 amide bonds. The summed E-state index contributed by atoms with van der Waals surface area (Å²) in [7, 11) is 0. The van der Waals surface area contributed by atoms with E-state index in [1.807, 2.05) is 0 Å². The van der Waals surface area contributed by atoms with Gasteiger partial charge in [0.2, 0.25) is 0 Å². The smallest absolute Gasteiger partial charge is 0.306 e. The van der Waals surface area contributed by atoms with Gasteiger partial charge in [0, 0.05) is 13.0 Å². The molecule has 1 heterocycles. The van der Waals surface area contributed by atoms with Gasteiger partial charge in [0.15, 0.2) is 6.29 Å². The topological polar surface area (TPSA) is 135 Å². The van der Waals surface area contributed by atoms with Gasteiger partial charge in [-0.3, -0.25) is 4.79 Å². The molecule has 1 aliphatic heterocycles. The summed E-state index contributed by atoms with van der Waals surface area (Å²) in [5, 5.41) is 40.3. The Morgan fingerprint density at radius 1 is 0.485 bits per heavy atom. The van der Waals surface area contributed by atoms with Crippen molar-refractivity contribution in [3.05, 3.63) is 36.5 Å². The summed E-state index contributed by atoms with van der Waals surface area (Å²) in [5.74, 6) is -0.315. The molecule has 1 fully saturated rings. The number of carbonyl (C=O) groups is 1. The second kappa shape index (κ2) is 48.4. The van der Waals surface area contributed by atoms with Gasteiger partial charge in [-0.1, -0.05) is 217 Å².